The van der Waals surface area contributed by atoms with Crippen molar-refractivity contribution in [2.24, 2.45) is 5.41 Å². The molecule has 0 radical (unpaired) electrons. The van der Waals surface area contributed by atoms with Crippen LogP contribution < -0.4 is 5.32 Å². The first-order chi connectivity index (χ1) is 10.8. The average Bonchev–Trinajstić information content (AvgIpc) is 2.84. The maximum Gasteiger partial charge on any atom is 0.296 e. The Bertz CT molecular complexity index is 648. The molecule has 0 aliphatic carbocycles. The minimum atomic E-state index is -3.73. The third-order valence-corrected chi connectivity index (χ3v) is 6.15. The maximum absolute atomic E-state index is 12.1. The molecule has 0 bridgehead atoms. The molecule has 2 rings (SSSR count). The van der Waals surface area contributed by atoms with Gasteiger partial charge in [0, 0.05) is 6.04 Å². The topological polar surface area (TPSA) is 72.5 Å². The molecule has 6 heteroatoms. The lowest BCUT2D eigenvalue weighted by Gasteiger charge is -2.22. The molecule has 1 N–H and O–H groups in total. The third-order valence-electron chi connectivity index (χ3n) is 4.82. The Kier molecular flexibility index (Phi) is 5.47. The molecule has 128 valence electrons. The zero-order valence-corrected chi connectivity index (χ0v) is 14.8. The van der Waals surface area contributed by atoms with Crippen molar-refractivity contribution < 1.29 is 17.4 Å². The predicted molar refractivity (Wildman–Crippen MR) is 88.5 cm³/mol. The Morgan fingerprint density at radius 2 is 1.83 bits per heavy atom. The second-order valence-electron chi connectivity index (χ2n) is 6.24. The van der Waals surface area contributed by atoms with Gasteiger partial charge in [-0.1, -0.05) is 31.5 Å². The van der Waals surface area contributed by atoms with Crippen LogP contribution in [0.1, 0.15) is 45.1 Å². The molecule has 1 aliphatic rings. The molecule has 0 saturated carbocycles. The van der Waals surface area contributed by atoms with Crippen molar-refractivity contribution >= 4 is 16.0 Å². The second kappa shape index (κ2) is 7.01. The largest absolute Gasteiger partial charge is 0.353 e. The van der Waals surface area contributed by atoms with E-state index < -0.39 is 10.1 Å². The van der Waals surface area contributed by atoms with Crippen LogP contribution in [0, 0.1) is 12.3 Å². The summed E-state index contributed by atoms with van der Waals surface area (Å²) in [4.78, 5) is 12.3. The van der Waals surface area contributed by atoms with E-state index in [9.17, 15) is 13.2 Å². The minimum absolute atomic E-state index is 0.0179. The number of benzene rings is 1. The molecule has 0 aromatic heterocycles. The first kappa shape index (κ1) is 17.9. The van der Waals surface area contributed by atoms with E-state index in [0.29, 0.717) is 6.42 Å². The van der Waals surface area contributed by atoms with Crippen LogP contribution in [-0.4, -0.2) is 27.0 Å². The van der Waals surface area contributed by atoms with Crippen molar-refractivity contribution in [1.29, 1.82) is 0 Å². The predicted octanol–water partition coefficient (Wildman–Crippen LogP) is 2.79. The monoisotopic (exact) mass is 339 g/mol. The fourth-order valence-electron chi connectivity index (χ4n) is 3.06. The van der Waals surface area contributed by atoms with Gasteiger partial charge in [-0.25, -0.2) is 0 Å². The van der Waals surface area contributed by atoms with Crippen molar-refractivity contribution in [3.63, 3.8) is 0 Å². The lowest BCUT2D eigenvalue weighted by molar-refractivity contribution is -0.128. The third kappa shape index (κ3) is 3.93. The number of carbonyl (C=O) groups is 1. The van der Waals surface area contributed by atoms with Crippen molar-refractivity contribution in [2.45, 2.75) is 57.4 Å². The van der Waals surface area contributed by atoms with Crippen molar-refractivity contribution in [3.8, 4) is 0 Å². The van der Waals surface area contributed by atoms with E-state index in [1.807, 2.05) is 20.8 Å². The van der Waals surface area contributed by atoms with Crippen LogP contribution in [0.2, 0.25) is 0 Å². The number of hydrogen-bond acceptors (Lipinski definition) is 4. The number of nitrogens with one attached hydrogen (secondary N) is 1. The summed E-state index contributed by atoms with van der Waals surface area (Å²) in [5.41, 5.74) is 0.689. The average molecular weight is 339 g/mol. The SMILES string of the molecule is CCC1(CC)CC(CCOS(=O)(=O)c2ccc(C)cc2)NC1=O. The summed E-state index contributed by atoms with van der Waals surface area (Å²) in [7, 11) is -3.73. The fourth-order valence-corrected chi connectivity index (χ4v) is 3.98. The van der Waals surface area contributed by atoms with Gasteiger partial charge in [0.1, 0.15) is 0 Å². The number of aryl methyl sites for hydroxylation is 1. The Labute approximate surface area is 138 Å². The molecule has 0 spiro atoms. The summed E-state index contributed by atoms with van der Waals surface area (Å²) in [5, 5.41) is 2.97. The first-order valence-corrected chi connectivity index (χ1v) is 9.51. The van der Waals surface area contributed by atoms with Crippen molar-refractivity contribution in [3.05, 3.63) is 29.8 Å². The van der Waals surface area contributed by atoms with E-state index >= 15 is 0 Å². The van der Waals surface area contributed by atoms with Gasteiger partial charge in [0.25, 0.3) is 10.1 Å². The van der Waals surface area contributed by atoms with Crippen LogP contribution >= 0.6 is 0 Å². The summed E-state index contributed by atoms with van der Waals surface area (Å²) in [5.74, 6) is 0.0777. The van der Waals surface area contributed by atoms with Crippen LogP contribution in [0.25, 0.3) is 0 Å². The standard InChI is InChI=1S/C17H25NO4S/c1-4-17(5-2)12-14(18-16(17)19)10-11-22-23(20,21)15-8-6-13(3)7-9-15/h6-9,14H,4-5,10-12H2,1-3H3,(H,18,19). The van der Waals surface area contributed by atoms with Gasteiger partial charge in [-0.15, -0.1) is 0 Å². The number of amides is 1. The van der Waals surface area contributed by atoms with Crippen LogP contribution in [0.5, 0.6) is 0 Å². The Morgan fingerprint density at radius 1 is 1.22 bits per heavy atom. The van der Waals surface area contributed by atoms with Gasteiger partial charge >= 0.3 is 0 Å². The normalized spacial score (nSPS) is 20.5. The summed E-state index contributed by atoms with van der Waals surface area (Å²) in [6.45, 7) is 6.01. The van der Waals surface area contributed by atoms with Crippen LogP contribution in [0.3, 0.4) is 0 Å². The summed E-state index contributed by atoms with van der Waals surface area (Å²) in [6.07, 6.45) is 2.84. The lowest BCUT2D eigenvalue weighted by atomic mass is 9.79. The molecule has 5 nitrogen and oxygen atoms in total. The van der Waals surface area contributed by atoms with Gasteiger partial charge in [0.15, 0.2) is 0 Å². The highest BCUT2D eigenvalue weighted by Gasteiger charge is 2.43. The minimum Gasteiger partial charge on any atom is -0.353 e. The second-order valence-corrected chi connectivity index (χ2v) is 7.86. The molecule has 1 heterocycles. The van der Waals surface area contributed by atoms with Crippen molar-refractivity contribution in [2.75, 3.05) is 6.61 Å². The first-order valence-electron chi connectivity index (χ1n) is 8.10. The van der Waals surface area contributed by atoms with Crippen LogP contribution in [0.4, 0.5) is 0 Å². The lowest BCUT2D eigenvalue weighted by Crippen LogP contribution is -2.31. The van der Waals surface area contributed by atoms with E-state index in [0.717, 1.165) is 24.8 Å². The molecule has 1 aliphatic heterocycles. The molecule has 1 atom stereocenters. The zero-order valence-electron chi connectivity index (χ0n) is 14.0. The fraction of sp³-hybridized carbons (Fsp3) is 0.588. The zero-order chi connectivity index (χ0) is 17.1. The molecule has 1 aromatic carbocycles. The van der Waals surface area contributed by atoms with E-state index in [1.54, 1.807) is 24.3 Å². The molecular weight excluding hydrogens is 314 g/mol. The van der Waals surface area contributed by atoms with Crippen LogP contribution in [-0.2, 0) is 19.1 Å². The molecule has 1 saturated heterocycles. The van der Waals surface area contributed by atoms with Crippen molar-refractivity contribution in [1.82, 2.24) is 5.32 Å². The molecule has 1 amide bonds. The van der Waals surface area contributed by atoms with Gasteiger partial charge in [-0.3, -0.25) is 8.98 Å². The highest BCUT2D eigenvalue weighted by molar-refractivity contribution is 7.86. The molecule has 23 heavy (non-hydrogen) atoms. The summed E-state index contributed by atoms with van der Waals surface area (Å²) < 4.78 is 29.3. The Hall–Kier alpha value is -1.40. The number of carbonyl (C=O) groups excluding carboxylic acids is 1. The van der Waals surface area contributed by atoms with Crippen LogP contribution in [0.15, 0.2) is 29.2 Å². The van der Waals surface area contributed by atoms with Gasteiger partial charge in [0.05, 0.1) is 16.9 Å². The smallest absolute Gasteiger partial charge is 0.296 e. The Morgan fingerprint density at radius 3 is 2.35 bits per heavy atom. The van der Waals surface area contributed by atoms with E-state index in [-0.39, 0.29) is 28.9 Å². The summed E-state index contributed by atoms with van der Waals surface area (Å²) >= 11 is 0. The quantitative estimate of drug-likeness (QED) is 0.775. The summed E-state index contributed by atoms with van der Waals surface area (Å²) in [6, 6.07) is 6.55. The van der Waals surface area contributed by atoms with Gasteiger partial charge in [-0.05, 0) is 44.7 Å². The molecule has 1 fully saturated rings. The van der Waals surface area contributed by atoms with E-state index in [2.05, 4.69) is 5.32 Å². The highest BCUT2D eigenvalue weighted by atomic mass is 32.2. The van der Waals surface area contributed by atoms with Gasteiger partial charge in [-0.2, -0.15) is 8.42 Å². The number of hydrogen-bond donors (Lipinski definition) is 1. The molecular formula is C17H25NO4S. The van der Waals surface area contributed by atoms with Gasteiger partial charge < -0.3 is 5.32 Å². The Balaban J connectivity index is 1.90. The number of rotatable bonds is 7. The molecule has 1 aromatic rings. The van der Waals surface area contributed by atoms with E-state index in [1.165, 1.54) is 0 Å². The maximum atomic E-state index is 12.1. The molecule has 1 unspecified atom stereocenters. The highest BCUT2D eigenvalue weighted by Crippen LogP contribution is 2.37. The van der Waals surface area contributed by atoms with E-state index in [4.69, 9.17) is 4.18 Å². The van der Waals surface area contributed by atoms with Gasteiger partial charge in [0.2, 0.25) is 5.91 Å².